The molecule has 0 aliphatic carbocycles. The number of aryl methyl sites for hydroxylation is 1. The minimum Gasteiger partial charge on any atom is -0.443 e. The maximum Gasteiger partial charge on any atom is 0.387 e. The van der Waals surface area contributed by atoms with Crippen molar-refractivity contribution in [3.8, 4) is 11.8 Å². The number of allylic oxidation sites excluding steroid dienone is 2. The predicted octanol–water partition coefficient (Wildman–Crippen LogP) is 6.42. The van der Waals surface area contributed by atoms with E-state index in [2.05, 4.69) is 27.4 Å². The highest BCUT2D eigenvalue weighted by molar-refractivity contribution is 7.17. The molecule has 3 N–H and O–H groups in total. The maximum atomic E-state index is 12.1. The largest absolute Gasteiger partial charge is 0.443 e. The number of anilines is 3. The highest BCUT2D eigenvalue weighted by Crippen LogP contribution is 2.37. The van der Waals surface area contributed by atoms with Gasteiger partial charge >= 0.3 is 13.2 Å². The van der Waals surface area contributed by atoms with Gasteiger partial charge < -0.3 is 20.5 Å². The van der Waals surface area contributed by atoms with E-state index in [1.54, 1.807) is 25.1 Å². The summed E-state index contributed by atoms with van der Waals surface area (Å²) in [6.07, 6.45) is 5.63. The third-order valence-corrected chi connectivity index (χ3v) is 4.55. The number of nitriles is 1. The van der Waals surface area contributed by atoms with E-state index < -0.39 is 13.2 Å². The van der Waals surface area contributed by atoms with Crippen LogP contribution in [-0.2, 0) is 11.2 Å². The Morgan fingerprint density at radius 2 is 1.90 bits per heavy atom. The lowest BCUT2D eigenvalue weighted by atomic mass is 10.2. The fourth-order valence-electron chi connectivity index (χ4n) is 2.10. The van der Waals surface area contributed by atoms with Crippen LogP contribution < -0.4 is 15.8 Å². The van der Waals surface area contributed by atoms with E-state index in [1.165, 1.54) is 29.5 Å². The summed E-state index contributed by atoms with van der Waals surface area (Å²) in [5.74, 6) is 0.0726. The first kappa shape index (κ1) is 24.8. The smallest absolute Gasteiger partial charge is 0.387 e. The van der Waals surface area contributed by atoms with Crippen molar-refractivity contribution >= 4 is 27.7 Å². The fourth-order valence-corrected chi connectivity index (χ4v) is 3.20. The first-order valence-electron chi connectivity index (χ1n) is 8.61. The topological polar surface area (TPSA) is 80.3 Å². The van der Waals surface area contributed by atoms with E-state index >= 15 is 0 Å². The van der Waals surface area contributed by atoms with Crippen LogP contribution in [0, 0.1) is 11.3 Å². The van der Waals surface area contributed by atoms with Crippen molar-refractivity contribution in [1.82, 2.24) is 0 Å². The molecular weight excluding hydrogens is 422 g/mol. The lowest BCUT2D eigenvalue weighted by Crippen LogP contribution is -2.01. The monoisotopic (exact) mass is 443 g/mol. The number of hydrogen-bond donors (Lipinski definition) is 2. The van der Waals surface area contributed by atoms with Gasteiger partial charge in [-0.05, 0) is 44.0 Å². The lowest BCUT2D eigenvalue weighted by Gasteiger charge is -2.07. The zero-order valence-electron chi connectivity index (χ0n) is 16.1. The summed E-state index contributed by atoms with van der Waals surface area (Å²) in [5.41, 5.74) is 7.51. The van der Waals surface area contributed by atoms with Crippen LogP contribution in [0.15, 0.2) is 49.3 Å². The van der Waals surface area contributed by atoms with Crippen molar-refractivity contribution in [3.05, 3.63) is 59.7 Å². The van der Waals surface area contributed by atoms with Gasteiger partial charge in [-0.3, -0.25) is 0 Å². The Kier molecular flexibility index (Phi) is 10.9. The average Bonchev–Trinajstić information content (AvgIpc) is 3.00. The SMILES string of the molecule is C/C=C/OC(F)F.C=CCCc1sc(Nc2ccc(OC(F)F)cc2)c(C#N)c1N. The number of thiophene rings is 1. The van der Waals surface area contributed by atoms with Crippen molar-refractivity contribution in [2.45, 2.75) is 33.0 Å². The van der Waals surface area contributed by atoms with Gasteiger partial charge in [0.15, 0.2) is 0 Å². The molecule has 2 aromatic rings. The Hall–Kier alpha value is -3.19. The first-order valence-corrected chi connectivity index (χ1v) is 9.42. The highest BCUT2D eigenvalue weighted by atomic mass is 32.1. The fraction of sp³-hybridized carbons (Fsp3) is 0.250. The number of nitrogens with zero attached hydrogens (tertiary/aromatic N) is 1. The van der Waals surface area contributed by atoms with E-state index in [1.807, 2.05) is 0 Å². The first-order chi connectivity index (χ1) is 14.3. The molecular formula is C20H21F4N3O2S. The summed E-state index contributed by atoms with van der Waals surface area (Å²) < 4.78 is 54.1. The quantitative estimate of drug-likeness (QED) is 0.265. The molecule has 1 aromatic carbocycles. The van der Waals surface area contributed by atoms with Gasteiger partial charge in [0.05, 0.1) is 11.9 Å². The molecule has 0 radical (unpaired) electrons. The number of ether oxygens (including phenoxy) is 2. The van der Waals surface area contributed by atoms with Crippen LogP contribution in [0.5, 0.6) is 5.75 Å². The van der Waals surface area contributed by atoms with Crippen LogP contribution in [0.25, 0.3) is 0 Å². The number of nitrogen functional groups attached to an aromatic ring is 1. The number of alkyl halides is 4. The number of nitrogens with one attached hydrogen (secondary N) is 1. The Morgan fingerprint density at radius 3 is 2.37 bits per heavy atom. The van der Waals surface area contributed by atoms with E-state index in [-0.39, 0.29) is 5.75 Å². The van der Waals surface area contributed by atoms with Crippen molar-refractivity contribution in [1.29, 1.82) is 5.26 Å². The predicted molar refractivity (Wildman–Crippen MR) is 110 cm³/mol. The minimum atomic E-state index is -2.86. The molecule has 0 fully saturated rings. The molecule has 0 aliphatic rings. The Balaban J connectivity index is 0.000000553. The van der Waals surface area contributed by atoms with Crippen molar-refractivity contribution in [3.63, 3.8) is 0 Å². The summed E-state index contributed by atoms with van der Waals surface area (Å²) in [6.45, 7) is -0.273. The molecule has 0 spiro atoms. The summed E-state index contributed by atoms with van der Waals surface area (Å²) in [4.78, 5) is 0.918. The van der Waals surface area contributed by atoms with Gasteiger partial charge in [-0.1, -0.05) is 12.2 Å². The Morgan fingerprint density at radius 1 is 1.23 bits per heavy atom. The third kappa shape index (κ3) is 8.45. The Bertz CT molecular complexity index is 862. The van der Waals surface area contributed by atoms with E-state index in [9.17, 15) is 22.8 Å². The highest BCUT2D eigenvalue weighted by Gasteiger charge is 2.15. The van der Waals surface area contributed by atoms with Gasteiger partial charge in [-0.25, -0.2) is 0 Å². The molecule has 30 heavy (non-hydrogen) atoms. The van der Waals surface area contributed by atoms with E-state index in [0.29, 0.717) is 21.9 Å². The molecule has 162 valence electrons. The van der Waals surface area contributed by atoms with Gasteiger partial charge in [0.2, 0.25) is 0 Å². The molecule has 1 aromatic heterocycles. The molecule has 0 saturated heterocycles. The van der Waals surface area contributed by atoms with E-state index in [0.717, 1.165) is 24.0 Å². The molecule has 0 atom stereocenters. The van der Waals surface area contributed by atoms with Gasteiger partial charge in [-0.15, -0.1) is 17.9 Å². The number of halogens is 4. The van der Waals surface area contributed by atoms with Crippen LogP contribution in [0.3, 0.4) is 0 Å². The van der Waals surface area contributed by atoms with Crippen molar-refractivity contribution in [2.24, 2.45) is 0 Å². The van der Waals surface area contributed by atoms with E-state index in [4.69, 9.17) is 5.73 Å². The summed E-state index contributed by atoms with van der Waals surface area (Å²) >= 11 is 1.40. The second-order valence-corrected chi connectivity index (χ2v) is 6.58. The zero-order chi connectivity index (χ0) is 22.5. The van der Waals surface area contributed by atoms with Crippen LogP contribution in [0.2, 0.25) is 0 Å². The average molecular weight is 443 g/mol. The number of benzene rings is 1. The number of hydrogen-bond acceptors (Lipinski definition) is 6. The van der Waals surface area contributed by atoms with Gasteiger partial charge in [0.25, 0.3) is 0 Å². The number of nitrogens with two attached hydrogens (primary N) is 1. The van der Waals surface area contributed by atoms with Crippen molar-refractivity contribution < 1.29 is 27.0 Å². The zero-order valence-corrected chi connectivity index (χ0v) is 16.9. The normalized spacial score (nSPS) is 10.5. The van der Waals surface area contributed by atoms with Gasteiger partial charge in [-0.2, -0.15) is 22.8 Å². The standard InChI is InChI=1S/C16H15F2N3OS.C4H6F2O/c1-2-3-4-13-14(20)12(9-19)15(23-13)21-10-5-7-11(8-6-10)22-16(17)18;1-2-3-7-4(5)6/h2,5-8,16,21H,1,3-4,20H2;2-4H,1H3/b;3-2+. The summed E-state index contributed by atoms with van der Waals surface area (Å²) in [7, 11) is 0. The van der Waals surface area contributed by atoms with Gasteiger partial charge in [0.1, 0.15) is 22.4 Å². The molecule has 0 saturated carbocycles. The second kappa shape index (κ2) is 13.1. The van der Waals surface area contributed by atoms with Crippen molar-refractivity contribution in [2.75, 3.05) is 11.1 Å². The molecule has 0 aliphatic heterocycles. The maximum absolute atomic E-state index is 12.1. The van der Waals surface area contributed by atoms with Crippen LogP contribution in [-0.4, -0.2) is 13.2 Å². The van der Waals surface area contributed by atoms with Gasteiger partial charge in [0, 0.05) is 10.6 Å². The minimum absolute atomic E-state index is 0.0726. The number of rotatable bonds is 9. The molecule has 0 amide bonds. The molecule has 10 heteroatoms. The second-order valence-electron chi connectivity index (χ2n) is 5.48. The molecule has 0 bridgehead atoms. The van der Waals surface area contributed by atoms with Crippen LogP contribution >= 0.6 is 11.3 Å². The molecule has 5 nitrogen and oxygen atoms in total. The molecule has 0 unspecified atom stereocenters. The summed E-state index contributed by atoms with van der Waals surface area (Å²) in [5, 5.41) is 13.0. The van der Waals surface area contributed by atoms with Crippen LogP contribution in [0.4, 0.5) is 33.9 Å². The van der Waals surface area contributed by atoms with Crippen LogP contribution in [0.1, 0.15) is 23.8 Å². The summed E-state index contributed by atoms with van der Waals surface area (Å²) in [6, 6.07) is 8.14. The molecule has 1 heterocycles. The third-order valence-electron chi connectivity index (χ3n) is 3.36. The molecule has 2 rings (SSSR count). The lowest BCUT2D eigenvalue weighted by molar-refractivity contribution is -0.0831. The Labute approximate surface area is 176 Å².